The molecule has 0 unspecified atom stereocenters. The van der Waals surface area contributed by atoms with Gasteiger partial charge in [0.05, 0.1) is 18.4 Å². The molecule has 0 radical (unpaired) electrons. The molecule has 2 aromatic carbocycles. The lowest BCUT2D eigenvalue weighted by atomic mass is 10.0. The van der Waals surface area contributed by atoms with Gasteiger partial charge in [0.25, 0.3) is 11.8 Å². The van der Waals surface area contributed by atoms with Crippen molar-refractivity contribution in [3.8, 4) is 5.75 Å². The van der Waals surface area contributed by atoms with Crippen LogP contribution in [-0.2, 0) is 9.59 Å². The standard InChI is InChI=1S/C24H26N2O3/c1-16-11-12-19(17(2)15-16)26-23(27)21(18-9-5-6-10-20(18)29-3)22(24(26)28)25-13-7-4-8-14-25/h5-6,9-12,15H,4,7-8,13-14H2,1-3H3. The van der Waals surface area contributed by atoms with Crippen molar-refractivity contribution in [3.05, 3.63) is 64.9 Å². The number of carbonyl (C=O) groups is 2. The molecule has 5 nitrogen and oxygen atoms in total. The minimum Gasteiger partial charge on any atom is -0.496 e. The summed E-state index contributed by atoms with van der Waals surface area (Å²) in [5, 5.41) is 0. The molecule has 2 aromatic rings. The molecule has 0 bridgehead atoms. The summed E-state index contributed by atoms with van der Waals surface area (Å²) in [7, 11) is 1.59. The first-order valence-electron chi connectivity index (χ1n) is 10.1. The van der Waals surface area contributed by atoms with Gasteiger partial charge in [0.15, 0.2) is 0 Å². The largest absolute Gasteiger partial charge is 0.496 e. The van der Waals surface area contributed by atoms with E-state index >= 15 is 0 Å². The van der Waals surface area contributed by atoms with Crippen LogP contribution in [0.2, 0.25) is 0 Å². The highest BCUT2D eigenvalue weighted by Gasteiger charge is 2.43. The summed E-state index contributed by atoms with van der Waals surface area (Å²) < 4.78 is 5.52. The van der Waals surface area contributed by atoms with E-state index in [1.54, 1.807) is 7.11 Å². The fourth-order valence-corrected chi connectivity index (χ4v) is 4.30. The number of methoxy groups -OCH3 is 1. The van der Waals surface area contributed by atoms with E-state index in [9.17, 15) is 9.59 Å². The third-order valence-corrected chi connectivity index (χ3v) is 5.70. The molecule has 2 aliphatic heterocycles. The van der Waals surface area contributed by atoms with Crippen molar-refractivity contribution in [1.29, 1.82) is 0 Å². The molecule has 2 heterocycles. The summed E-state index contributed by atoms with van der Waals surface area (Å²) in [6.45, 7) is 5.51. The molecule has 5 heteroatoms. The molecule has 2 amide bonds. The van der Waals surface area contributed by atoms with E-state index in [1.807, 2.05) is 56.3 Å². The Kier molecular flexibility index (Phi) is 5.14. The quantitative estimate of drug-likeness (QED) is 0.738. The molecule has 2 aliphatic rings. The van der Waals surface area contributed by atoms with E-state index < -0.39 is 0 Å². The Hall–Kier alpha value is -3.08. The number of hydrogen-bond acceptors (Lipinski definition) is 4. The Balaban J connectivity index is 1.88. The number of nitrogens with zero attached hydrogens (tertiary/aromatic N) is 2. The second-order valence-corrected chi connectivity index (χ2v) is 7.71. The third kappa shape index (κ3) is 3.31. The first kappa shape index (κ1) is 19.2. The van der Waals surface area contributed by atoms with Gasteiger partial charge >= 0.3 is 0 Å². The number of rotatable bonds is 4. The molecule has 4 rings (SSSR count). The SMILES string of the molecule is COc1ccccc1C1=C(N2CCCCC2)C(=O)N(c2ccc(C)cc2C)C1=O. The second kappa shape index (κ2) is 7.74. The molecule has 0 N–H and O–H groups in total. The minimum atomic E-state index is -0.285. The lowest BCUT2D eigenvalue weighted by Gasteiger charge is -2.30. The van der Waals surface area contributed by atoms with Gasteiger partial charge in [-0.2, -0.15) is 0 Å². The lowest BCUT2D eigenvalue weighted by molar-refractivity contribution is -0.120. The summed E-state index contributed by atoms with van der Waals surface area (Å²) >= 11 is 0. The highest BCUT2D eigenvalue weighted by molar-refractivity contribution is 6.45. The predicted molar refractivity (Wildman–Crippen MR) is 114 cm³/mol. The van der Waals surface area contributed by atoms with Crippen molar-refractivity contribution in [2.24, 2.45) is 0 Å². The normalized spacial score (nSPS) is 17.3. The maximum absolute atomic E-state index is 13.6. The Morgan fingerprint density at radius 3 is 2.31 bits per heavy atom. The topological polar surface area (TPSA) is 49.9 Å². The van der Waals surface area contributed by atoms with Gasteiger partial charge in [0.1, 0.15) is 11.4 Å². The van der Waals surface area contributed by atoms with E-state index in [1.165, 1.54) is 4.90 Å². The average Bonchev–Trinajstić information content (AvgIpc) is 2.99. The molecular weight excluding hydrogens is 364 g/mol. The fraction of sp³-hybridized carbons (Fsp3) is 0.333. The number of aryl methyl sites for hydroxylation is 2. The Morgan fingerprint density at radius 1 is 0.897 bits per heavy atom. The molecule has 0 spiro atoms. The highest BCUT2D eigenvalue weighted by atomic mass is 16.5. The molecule has 150 valence electrons. The van der Waals surface area contributed by atoms with Crippen LogP contribution in [0.15, 0.2) is 48.2 Å². The number of likely N-dealkylation sites (tertiary alicyclic amines) is 1. The summed E-state index contributed by atoms with van der Waals surface area (Å²) in [6, 6.07) is 13.2. The van der Waals surface area contributed by atoms with Crippen LogP contribution in [0.1, 0.15) is 36.0 Å². The summed E-state index contributed by atoms with van der Waals surface area (Å²) in [6.07, 6.45) is 3.19. The Labute approximate surface area is 171 Å². The summed E-state index contributed by atoms with van der Waals surface area (Å²) in [4.78, 5) is 30.7. The Bertz CT molecular complexity index is 1000. The maximum Gasteiger partial charge on any atom is 0.282 e. The number of para-hydroxylation sites is 1. The molecular formula is C24H26N2O3. The number of anilines is 1. The highest BCUT2D eigenvalue weighted by Crippen LogP contribution is 2.39. The van der Waals surface area contributed by atoms with Crippen molar-refractivity contribution < 1.29 is 14.3 Å². The first-order chi connectivity index (χ1) is 14.0. The van der Waals surface area contributed by atoms with E-state index in [-0.39, 0.29) is 11.8 Å². The molecule has 0 aromatic heterocycles. The van der Waals surface area contributed by atoms with E-state index in [0.29, 0.717) is 28.3 Å². The van der Waals surface area contributed by atoms with Crippen molar-refractivity contribution in [3.63, 3.8) is 0 Å². The van der Waals surface area contributed by atoms with Crippen molar-refractivity contribution in [1.82, 2.24) is 4.90 Å². The zero-order chi connectivity index (χ0) is 20.5. The smallest absolute Gasteiger partial charge is 0.282 e. The van der Waals surface area contributed by atoms with E-state index in [0.717, 1.165) is 43.5 Å². The van der Waals surface area contributed by atoms with Gasteiger partial charge in [0, 0.05) is 18.7 Å². The van der Waals surface area contributed by atoms with Crippen LogP contribution in [0.25, 0.3) is 5.57 Å². The fourth-order valence-electron chi connectivity index (χ4n) is 4.30. The van der Waals surface area contributed by atoms with Gasteiger partial charge < -0.3 is 9.64 Å². The van der Waals surface area contributed by atoms with Gasteiger partial charge in [-0.1, -0.05) is 35.9 Å². The van der Waals surface area contributed by atoms with Gasteiger partial charge in [-0.25, -0.2) is 4.90 Å². The number of benzene rings is 2. The van der Waals surface area contributed by atoms with Crippen LogP contribution in [0, 0.1) is 13.8 Å². The summed E-state index contributed by atoms with van der Waals surface area (Å²) in [5.74, 6) is 0.0671. The van der Waals surface area contributed by atoms with E-state index in [2.05, 4.69) is 4.90 Å². The van der Waals surface area contributed by atoms with Gasteiger partial charge in [-0.05, 0) is 50.8 Å². The summed E-state index contributed by atoms with van der Waals surface area (Å²) in [5.41, 5.74) is 4.25. The van der Waals surface area contributed by atoms with Crippen molar-refractivity contribution >= 4 is 23.1 Å². The second-order valence-electron chi connectivity index (χ2n) is 7.71. The van der Waals surface area contributed by atoms with Crippen LogP contribution in [0.3, 0.4) is 0 Å². The molecule has 29 heavy (non-hydrogen) atoms. The molecule has 1 saturated heterocycles. The van der Waals surface area contributed by atoms with Crippen molar-refractivity contribution in [2.45, 2.75) is 33.1 Å². The zero-order valence-electron chi connectivity index (χ0n) is 17.2. The maximum atomic E-state index is 13.6. The number of amides is 2. The van der Waals surface area contributed by atoms with Crippen LogP contribution >= 0.6 is 0 Å². The molecule has 1 fully saturated rings. The molecule has 0 saturated carbocycles. The first-order valence-corrected chi connectivity index (χ1v) is 10.1. The van der Waals surface area contributed by atoms with E-state index in [4.69, 9.17) is 4.74 Å². The Morgan fingerprint density at radius 2 is 1.62 bits per heavy atom. The zero-order valence-corrected chi connectivity index (χ0v) is 17.2. The minimum absolute atomic E-state index is 0.246. The average molecular weight is 390 g/mol. The third-order valence-electron chi connectivity index (χ3n) is 5.70. The number of piperidine rings is 1. The molecule has 0 aliphatic carbocycles. The number of carbonyl (C=O) groups excluding carboxylic acids is 2. The predicted octanol–water partition coefficient (Wildman–Crippen LogP) is 4.08. The number of ether oxygens (including phenoxy) is 1. The number of hydrogen-bond donors (Lipinski definition) is 0. The van der Waals surface area contributed by atoms with Crippen LogP contribution < -0.4 is 9.64 Å². The van der Waals surface area contributed by atoms with Gasteiger partial charge in [-0.3, -0.25) is 9.59 Å². The van der Waals surface area contributed by atoms with Crippen LogP contribution in [0.5, 0.6) is 5.75 Å². The monoisotopic (exact) mass is 390 g/mol. The van der Waals surface area contributed by atoms with Crippen LogP contribution in [0.4, 0.5) is 5.69 Å². The molecule has 0 atom stereocenters. The van der Waals surface area contributed by atoms with Crippen molar-refractivity contribution in [2.75, 3.05) is 25.1 Å². The van der Waals surface area contributed by atoms with Crippen LogP contribution in [-0.4, -0.2) is 36.9 Å². The lowest BCUT2D eigenvalue weighted by Crippen LogP contribution is -2.37. The van der Waals surface area contributed by atoms with Gasteiger partial charge in [0.2, 0.25) is 0 Å². The van der Waals surface area contributed by atoms with Gasteiger partial charge in [-0.15, -0.1) is 0 Å². The number of imide groups is 1.